The number of amides is 1. The zero-order chi connectivity index (χ0) is 81.0. The number of hydrogen-bond donors (Lipinski definition) is 12. The number of unbranched alkanes of at least 4 members (excludes halogenated alkanes) is 34. The zero-order valence-corrected chi connectivity index (χ0v) is 69.4. The molecule has 644 valence electrons. The fourth-order valence-electron chi connectivity index (χ4n) is 14.1. The highest BCUT2D eigenvalue weighted by Gasteiger charge is 2.54. The van der Waals surface area contributed by atoms with Gasteiger partial charge in [0.25, 0.3) is 0 Å². The number of ether oxygens (including phenoxy) is 6. The number of aliphatic hydroxyl groups is 11. The average Bonchev–Trinajstić information content (AvgIpc) is 0.780. The number of aliphatic hydroxyl groups excluding tert-OH is 11. The van der Waals surface area contributed by atoms with Crippen molar-refractivity contribution in [3.05, 3.63) is 134 Å². The second-order valence-corrected chi connectivity index (χ2v) is 31.0. The summed E-state index contributed by atoms with van der Waals surface area (Å²) >= 11 is 0. The Balaban J connectivity index is 1.35. The molecule has 3 aliphatic heterocycles. The molecule has 19 nitrogen and oxygen atoms in total. The average molecular weight is 1580 g/mol. The van der Waals surface area contributed by atoms with Gasteiger partial charge in [-0.1, -0.05) is 340 Å². The molecule has 0 spiro atoms. The van der Waals surface area contributed by atoms with Crippen molar-refractivity contribution in [1.82, 2.24) is 5.32 Å². The van der Waals surface area contributed by atoms with E-state index in [1.165, 1.54) is 173 Å². The standard InChI is InChI=1S/C93H159NO18/c1-3-5-7-9-11-13-15-17-19-21-23-25-27-29-31-33-34-35-36-37-38-39-40-41-42-43-45-47-49-51-53-55-57-59-61-63-65-67-69-71-81(99)94-76(77(98)70-68-66-64-62-60-58-56-54-52-50-48-46-44-32-30-28-26-24-22-20-18-16-14-12-10-8-6-4-2)75-107-91-87(105)84(102)89(79(73-96)109-91)112-93-88(106)85(103)90(80(74-97)110-93)111-92-86(104)83(101)82(100)78(72-95)108-92/h5,7,11,13,17,19,23,25,29,31,34-35,37-38,40-41,43,45,60,62,68,70,76-80,82-93,95-98,100-106H,3-4,6,8-10,12,14-16,18,20-22,24,26-28,30,32-33,36,39,42,44,46-59,61,63-67,69,71-75H2,1-2H3,(H,94,99)/b7-5-,13-11-,19-17-,25-23-,31-29-,35-34-,38-37-,41-40-,45-43-,62-60+,70-68+. The van der Waals surface area contributed by atoms with Crippen LogP contribution in [0.4, 0.5) is 0 Å². The maximum Gasteiger partial charge on any atom is 0.220 e. The summed E-state index contributed by atoms with van der Waals surface area (Å²) < 4.78 is 34.5. The van der Waals surface area contributed by atoms with Gasteiger partial charge in [0.2, 0.25) is 5.91 Å². The van der Waals surface area contributed by atoms with E-state index in [-0.39, 0.29) is 18.9 Å². The van der Waals surface area contributed by atoms with Crippen molar-refractivity contribution in [1.29, 1.82) is 0 Å². The zero-order valence-electron chi connectivity index (χ0n) is 69.4. The summed E-state index contributed by atoms with van der Waals surface area (Å²) in [5.74, 6) is -0.291. The van der Waals surface area contributed by atoms with Gasteiger partial charge < -0.3 is 89.9 Å². The predicted octanol–water partition coefficient (Wildman–Crippen LogP) is 16.8. The van der Waals surface area contributed by atoms with Gasteiger partial charge in [-0.2, -0.15) is 0 Å². The molecule has 0 saturated carbocycles. The first-order valence-electron chi connectivity index (χ1n) is 44.4. The van der Waals surface area contributed by atoms with Crippen molar-refractivity contribution >= 4 is 5.91 Å². The van der Waals surface area contributed by atoms with E-state index in [0.29, 0.717) is 12.8 Å². The van der Waals surface area contributed by atoms with Crippen LogP contribution in [-0.2, 0) is 33.2 Å². The van der Waals surface area contributed by atoms with Crippen molar-refractivity contribution in [3.8, 4) is 0 Å². The maximum absolute atomic E-state index is 13.5. The van der Waals surface area contributed by atoms with Crippen LogP contribution in [0.15, 0.2) is 134 Å². The number of rotatable bonds is 70. The lowest BCUT2D eigenvalue weighted by molar-refractivity contribution is -0.379. The quantitative estimate of drug-likeness (QED) is 0.0199. The van der Waals surface area contributed by atoms with Gasteiger partial charge in [0.15, 0.2) is 18.9 Å². The van der Waals surface area contributed by atoms with E-state index in [2.05, 4.69) is 141 Å². The topological polar surface area (TPSA) is 307 Å². The number of carbonyl (C=O) groups excluding carboxylic acids is 1. The molecule has 0 aromatic carbocycles. The molecule has 0 aromatic heterocycles. The molecule has 0 aliphatic carbocycles. The first-order chi connectivity index (χ1) is 54.8. The Morgan fingerprint density at radius 3 is 1.00 bits per heavy atom. The highest BCUT2D eigenvalue weighted by atomic mass is 16.8. The summed E-state index contributed by atoms with van der Waals surface area (Å²) in [5.41, 5.74) is 0. The summed E-state index contributed by atoms with van der Waals surface area (Å²) in [6.45, 7) is 1.63. The lowest BCUT2D eigenvalue weighted by Gasteiger charge is -2.48. The fraction of sp³-hybridized carbons (Fsp3) is 0.753. The highest BCUT2D eigenvalue weighted by molar-refractivity contribution is 5.76. The van der Waals surface area contributed by atoms with Crippen molar-refractivity contribution in [2.24, 2.45) is 0 Å². The molecule has 112 heavy (non-hydrogen) atoms. The van der Waals surface area contributed by atoms with Crippen LogP contribution in [0.3, 0.4) is 0 Å². The Kier molecular flexibility index (Phi) is 64.8. The number of carbonyl (C=O) groups is 1. The Hall–Kier alpha value is -4.07. The van der Waals surface area contributed by atoms with E-state index in [1.54, 1.807) is 6.08 Å². The van der Waals surface area contributed by atoms with Gasteiger partial charge in [-0.05, 0) is 103 Å². The minimum Gasteiger partial charge on any atom is -0.394 e. The van der Waals surface area contributed by atoms with E-state index in [0.717, 1.165) is 109 Å². The number of nitrogens with one attached hydrogen (secondary N) is 1. The summed E-state index contributed by atoms with van der Waals surface area (Å²) in [6, 6.07) is -1.00. The first kappa shape index (κ1) is 102. The molecule has 3 aliphatic rings. The molecule has 1 amide bonds. The van der Waals surface area contributed by atoms with Crippen LogP contribution in [0.2, 0.25) is 0 Å². The smallest absolute Gasteiger partial charge is 0.220 e. The second-order valence-electron chi connectivity index (χ2n) is 31.0. The summed E-state index contributed by atoms with van der Waals surface area (Å²) in [7, 11) is 0. The molecule has 0 aromatic rings. The third-order valence-electron chi connectivity index (χ3n) is 21.2. The van der Waals surface area contributed by atoms with Crippen LogP contribution >= 0.6 is 0 Å². The van der Waals surface area contributed by atoms with Gasteiger partial charge in [0.05, 0.1) is 38.6 Å². The minimum absolute atomic E-state index is 0.224. The molecular formula is C93H159NO18. The van der Waals surface area contributed by atoms with E-state index >= 15 is 0 Å². The fourth-order valence-corrected chi connectivity index (χ4v) is 14.1. The van der Waals surface area contributed by atoms with Crippen LogP contribution in [0.1, 0.15) is 316 Å². The molecule has 3 saturated heterocycles. The molecule has 12 N–H and O–H groups in total. The van der Waals surface area contributed by atoms with Gasteiger partial charge in [-0.25, -0.2) is 0 Å². The van der Waals surface area contributed by atoms with Crippen LogP contribution in [0, 0.1) is 0 Å². The Labute approximate surface area is 677 Å². The van der Waals surface area contributed by atoms with Crippen molar-refractivity contribution in [2.45, 2.75) is 420 Å². The largest absolute Gasteiger partial charge is 0.394 e. The van der Waals surface area contributed by atoms with Crippen LogP contribution < -0.4 is 5.32 Å². The molecule has 17 unspecified atom stereocenters. The molecule has 3 heterocycles. The van der Waals surface area contributed by atoms with E-state index in [9.17, 15) is 61.0 Å². The summed E-state index contributed by atoms with van der Waals surface area (Å²) in [5, 5.41) is 121. The molecule has 3 rings (SSSR count). The second kappa shape index (κ2) is 71.1. The maximum atomic E-state index is 13.5. The number of hydrogen-bond acceptors (Lipinski definition) is 18. The van der Waals surface area contributed by atoms with Crippen LogP contribution in [0.25, 0.3) is 0 Å². The van der Waals surface area contributed by atoms with Crippen LogP contribution in [0.5, 0.6) is 0 Å². The lowest BCUT2D eigenvalue weighted by Crippen LogP contribution is -2.66. The summed E-state index contributed by atoms with van der Waals surface area (Å²) in [4.78, 5) is 13.5. The van der Waals surface area contributed by atoms with Crippen molar-refractivity contribution in [2.75, 3.05) is 26.4 Å². The molecule has 0 radical (unpaired) electrons. The van der Waals surface area contributed by atoms with Crippen molar-refractivity contribution in [3.63, 3.8) is 0 Å². The van der Waals surface area contributed by atoms with Gasteiger partial charge >= 0.3 is 0 Å². The Morgan fingerprint density at radius 2 is 0.625 bits per heavy atom. The monoisotopic (exact) mass is 1580 g/mol. The molecule has 3 fully saturated rings. The SMILES string of the molecule is CC/C=C\C/C=C\C/C=C\C/C=C\C/C=C\C/C=C\C/C=C\C/C=C\C/C=C\CCCCCCCCCCCCCC(=O)NC(COC1OC(CO)C(OC2OC(CO)C(OC3OC(CO)C(O)C(O)C3O)C(O)C2O)C(O)C1O)C(O)/C=C/CC/C=C/CCCCCCCCCCCCCCCCCCCCCCCC. The Morgan fingerprint density at radius 1 is 0.330 bits per heavy atom. The normalized spacial score (nSPS) is 25.6. The van der Waals surface area contributed by atoms with Gasteiger partial charge in [0, 0.05) is 6.42 Å². The number of allylic oxidation sites excluding steroid dienone is 21. The van der Waals surface area contributed by atoms with E-state index < -0.39 is 124 Å². The predicted molar refractivity (Wildman–Crippen MR) is 452 cm³/mol. The van der Waals surface area contributed by atoms with Gasteiger partial charge in [-0.3, -0.25) is 4.79 Å². The molecule has 17 atom stereocenters. The molecule has 19 heteroatoms. The van der Waals surface area contributed by atoms with Gasteiger partial charge in [-0.15, -0.1) is 0 Å². The third kappa shape index (κ3) is 49.2. The third-order valence-corrected chi connectivity index (χ3v) is 21.2. The van der Waals surface area contributed by atoms with E-state index in [1.807, 2.05) is 6.08 Å². The highest BCUT2D eigenvalue weighted by Crippen LogP contribution is 2.33. The molecule has 0 bridgehead atoms. The van der Waals surface area contributed by atoms with Gasteiger partial charge in [0.1, 0.15) is 73.2 Å². The Bertz CT molecular complexity index is 2540. The first-order valence-corrected chi connectivity index (χ1v) is 44.4. The molecular weight excluding hydrogens is 1420 g/mol. The van der Waals surface area contributed by atoms with Crippen molar-refractivity contribution < 1.29 is 89.4 Å². The summed E-state index contributed by atoms with van der Waals surface area (Å²) in [6.07, 6.45) is 75.9. The minimum atomic E-state index is -1.99. The lowest BCUT2D eigenvalue weighted by atomic mass is 9.96. The van der Waals surface area contributed by atoms with E-state index in [4.69, 9.17) is 28.4 Å². The van der Waals surface area contributed by atoms with Crippen LogP contribution in [-0.4, -0.2) is 193 Å².